The van der Waals surface area contributed by atoms with E-state index in [4.69, 9.17) is 0 Å². The molecule has 2 aromatic rings. The molecule has 0 radical (unpaired) electrons. The van der Waals surface area contributed by atoms with Crippen molar-refractivity contribution in [3.8, 4) is 0 Å². The van der Waals surface area contributed by atoms with Gasteiger partial charge in [0.25, 0.3) is 0 Å². The van der Waals surface area contributed by atoms with Gasteiger partial charge in [0.05, 0.1) is 22.7 Å². The van der Waals surface area contributed by atoms with Gasteiger partial charge in [0.15, 0.2) is 14.9 Å². The van der Waals surface area contributed by atoms with Gasteiger partial charge >= 0.3 is 0 Å². The Morgan fingerprint density at radius 3 is 2.62 bits per heavy atom. The molecule has 1 unspecified atom stereocenters. The Balaban J connectivity index is 1.79. The molecule has 6 nitrogen and oxygen atoms in total. The normalized spacial score (nSPS) is 19.5. The average Bonchev–Trinajstić information content (AvgIpc) is 3.08. The van der Waals surface area contributed by atoms with E-state index in [0.717, 1.165) is 31.6 Å². The van der Waals surface area contributed by atoms with E-state index in [1.165, 1.54) is 0 Å². The second-order valence-corrected chi connectivity index (χ2v) is 9.85. The van der Waals surface area contributed by atoms with E-state index in [0.29, 0.717) is 6.04 Å². The van der Waals surface area contributed by atoms with Crippen molar-refractivity contribution >= 4 is 15.5 Å². The summed E-state index contributed by atoms with van der Waals surface area (Å²) in [7, 11) is -3.41. The molecule has 0 N–H and O–H groups in total. The minimum Gasteiger partial charge on any atom is -0.368 e. The fourth-order valence-corrected chi connectivity index (χ4v) is 4.00. The van der Waals surface area contributed by atoms with E-state index >= 15 is 0 Å². The van der Waals surface area contributed by atoms with Crippen molar-refractivity contribution in [1.82, 2.24) is 14.8 Å². The summed E-state index contributed by atoms with van der Waals surface area (Å²) in [4.78, 5) is 6.47. The number of hydrogen-bond acceptors (Lipinski definition) is 5. The number of hydrogen-bond donors (Lipinski definition) is 0. The second kappa shape index (κ2) is 6.20. The van der Waals surface area contributed by atoms with E-state index in [1.807, 2.05) is 23.0 Å². The van der Waals surface area contributed by atoms with Crippen LogP contribution in [-0.4, -0.2) is 41.0 Å². The molecule has 0 spiro atoms. The molecule has 7 heteroatoms. The number of pyridine rings is 1. The summed E-state index contributed by atoms with van der Waals surface area (Å²) in [5.74, 6) is 0. The Morgan fingerprint density at radius 1 is 1.25 bits per heavy atom. The van der Waals surface area contributed by atoms with Crippen LogP contribution in [0.25, 0.3) is 0 Å². The molecular formula is C17H24N4O2S. The van der Waals surface area contributed by atoms with E-state index in [-0.39, 0.29) is 5.03 Å². The third kappa shape index (κ3) is 3.17. The Morgan fingerprint density at radius 2 is 2.04 bits per heavy atom. The summed E-state index contributed by atoms with van der Waals surface area (Å²) in [6.45, 7) is 6.88. The van der Waals surface area contributed by atoms with Crippen molar-refractivity contribution in [2.24, 2.45) is 0 Å². The molecular weight excluding hydrogens is 324 g/mol. The van der Waals surface area contributed by atoms with Gasteiger partial charge in [0.1, 0.15) is 0 Å². The summed E-state index contributed by atoms with van der Waals surface area (Å²) in [6.07, 6.45) is 7.64. The van der Waals surface area contributed by atoms with Gasteiger partial charge in [0.2, 0.25) is 0 Å². The highest BCUT2D eigenvalue weighted by atomic mass is 32.2. The first-order chi connectivity index (χ1) is 11.3. The Kier molecular flexibility index (Phi) is 4.38. The second-order valence-electron chi connectivity index (χ2n) is 7.20. The lowest BCUT2D eigenvalue weighted by atomic mass is 10.1. The van der Waals surface area contributed by atoms with Crippen LogP contribution in [0, 0.1) is 0 Å². The Labute approximate surface area is 143 Å². The molecule has 0 aliphatic carbocycles. The van der Waals surface area contributed by atoms with Gasteiger partial charge in [-0.2, -0.15) is 5.10 Å². The first kappa shape index (κ1) is 17.0. The van der Waals surface area contributed by atoms with E-state index < -0.39 is 14.6 Å². The number of sulfone groups is 1. The third-order valence-electron chi connectivity index (χ3n) is 4.46. The smallest absolute Gasteiger partial charge is 0.200 e. The maximum absolute atomic E-state index is 12.5. The predicted molar refractivity (Wildman–Crippen MR) is 93.9 cm³/mol. The Bertz CT molecular complexity index is 777. The topological polar surface area (TPSA) is 68.1 Å². The lowest BCUT2D eigenvalue weighted by Crippen LogP contribution is -2.37. The zero-order chi connectivity index (χ0) is 17.4. The van der Waals surface area contributed by atoms with Crippen molar-refractivity contribution in [2.45, 2.75) is 49.4 Å². The van der Waals surface area contributed by atoms with Gasteiger partial charge in [-0.05, 0) is 51.8 Å². The zero-order valence-corrected chi connectivity index (χ0v) is 15.2. The van der Waals surface area contributed by atoms with Crippen LogP contribution in [0.15, 0.2) is 41.8 Å². The molecule has 3 heterocycles. The van der Waals surface area contributed by atoms with Gasteiger partial charge in [-0.15, -0.1) is 0 Å². The molecule has 2 aromatic heterocycles. The van der Waals surface area contributed by atoms with Crippen LogP contribution in [0.2, 0.25) is 0 Å². The molecule has 24 heavy (non-hydrogen) atoms. The predicted octanol–water partition coefficient (Wildman–Crippen LogP) is 2.69. The minimum absolute atomic E-state index is 0.138. The monoisotopic (exact) mass is 348 g/mol. The molecule has 0 amide bonds. The SMILES string of the molecule is CC(C)(C)S(=O)(=O)c1ccc(N2CCCC(n3cccn3)C2)cn1. The van der Waals surface area contributed by atoms with Gasteiger partial charge in [-0.3, -0.25) is 4.68 Å². The lowest BCUT2D eigenvalue weighted by molar-refractivity contribution is 0.376. The van der Waals surface area contributed by atoms with Crippen molar-refractivity contribution in [3.05, 3.63) is 36.8 Å². The van der Waals surface area contributed by atoms with Gasteiger partial charge in [-0.25, -0.2) is 13.4 Å². The zero-order valence-electron chi connectivity index (χ0n) is 14.4. The van der Waals surface area contributed by atoms with Crippen LogP contribution in [0.3, 0.4) is 0 Å². The van der Waals surface area contributed by atoms with Crippen LogP contribution < -0.4 is 4.90 Å². The van der Waals surface area contributed by atoms with Crippen molar-refractivity contribution in [2.75, 3.05) is 18.0 Å². The summed E-state index contributed by atoms with van der Waals surface area (Å²) in [5, 5.41) is 4.47. The number of piperidine rings is 1. The van der Waals surface area contributed by atoms with E-state index in [1.54, 1.807) is 39.2 Å². The number of nitrogens with zero attached hydrogens (tertiary/aromatic N) is 4. The van der Waals surface area contributed by atoms with Gasteiger partial charge in [-0.1, -0.05) is 0 Å². The standard InChI is InChI=1S/C17H24N4O2S/c1-17(2,3)24(22,23)16-8-7-14(12-18-16)20-10-4-6-15(13-20)21-11-5-9-19-21/h5,7-9,11-12,15H,4,6,10,13H2,1-3H3. The highest BCUT2D eigenvalue weighted by Crippen LogP contribution is 2.28. The maximum Gasteiger partial charge on any atom is 0.200 e. The number of anilines is 1. The third-order valence-corrected chi connectivity index (χ3v) is 6.87. The molecule has 1 aliphatic heterocycles. The van der Waals surface area contributed by atoms with Crippen LogP contribution in [0.1, 0.15) is 39.7 Å². The minimum atomic E-state index is -3.41. The first-order valence-electron chi connectivity index (χ1n) is 8.24. The molecule has 0 bridgehead atoms. The number of aromatic nitrogens is 3. The average molecular weight is 348 g/mol. The summed E-state index contributed by atoms with van der Waals surface area (Å²) in [5.41, 5.74) is 0.958. The first-order valence-corrected chi connectivity index (χ1v) is 9.72. The van der Waals surface area contributed by atoms with Crippen molar-refractivity contribution < 1.29 is 8.42 Å². The summed E-state index contributed by atoms with van der Waals surface area (Å²) >= 11 is 0. The van der Waals surface area contributed by atoms with E-state index in [2.05, 4.69) is 15.0 Å². The fourth-order valence-electron chi connectivity index (χ4n) is 2.93. The molecule has 3 rings (SSSR count). The van der Waals surface area contributed by atoms with E-state index in [9.17, 15) is 8.42 Å². The molecule has 0 saturated carbocycles. The number of rotatable bonds is 3. The highest BCUT2D eigenvalue weighted by molar-refractivity contribution is 7.92. The molecule has 1 saturated heterocycles. The molecule has 1 fully saturated rings. The van der Waals surface area contributed by atoms with Crippen LogP contribution >= 0.6 is 0 Å². The molecule has 1 aliphatic rings. The fraction of sp³-hybridized carbons (Fsp3) is 0.529. The van der Waals surface area contributed by atoms with Crippen molar-refractivity contribution in [1.29, 1.82) is 0 Å². The Hall–Kier alpha value is -1.89. The van der Waals surface area contributed by atoms with Gasteiger partial charge in [0, 0.05) is 25.5 Å². The van der Waals surface area contributed by atoms with Crippen LogP contribution in [0.4, 0.5) is 5.69 Å². The molecule has 130 valence electrons. The van der Waals surface area contributed by atoms with Crippen LogP contribution in [-0.2, 0) is 9.84 Å². The molecule has 0 aromatic carbocycles. The maximum atomic E-state index is 12.5. The highest BCUT2D eigenvalue weighted by Gasteiger charge is 2.32. The van der Waals surface area contributed by atoms with Crippen LogP contribution in [0.5, 0.6) is 0 Å². The summed E-state index contributed by atoms with van der Waals surface area (Å²) < 4.78 is 26.1. The summed E-state index contributed by atoms with van der Waals surface area (Å²) in [6, 6.07) is 5.75. The van der Waals surface area contributed by atoms with Crippen molar-refractivity contribution in [3.63, 3.8) is 0 Å². The lowest BCUT2D eigenvalue weighted by Gasteiger charge is -2.34. The van der Waals surface area contributed by atoms with Gasteiger partial charge < -0.3 is 4.90 Å². The molecule has 1 atom stereocenters. The largest absolute Gasteiger partial charge is 0.368 e. The quantitative estimate of drug-likeness (QED) is 0.853.